The average Bonchev–Trinajstić information content (AvgIpc) is 3.17. The van der Waals surface area contributed by atoms with Gasteiger partial charge in [-0.05, 0) is 61.7 Å². The molecule has 0 aliphatic carbocycles. The number of nitrogens with one attached hydrogen (secondary N) is 1. The summed E-state index contributed by atoms with van der Waals surface area (Å²) in [6.45, 7) is 2.52. The number of nitrogens with zero attached hydrogens (tertiary/aromatic N) is 2. The molecule has 1 atom stereocenters. The molecule has 0 spiro atoms. The molecular formula is C22H26ClN3O3. The van der Waals surface area contributed by atoms with E-state index < -0.39 is 6.04 Å². The first-order chi connectivity index (χ1) is 13.8. The second kappa shape index (κ2) is 8.74. The van der Waals surface area contributed by atoms with E-state index in [1.165, 1.54) is 7.11 Å². The molecule has 1 unspecified atom stereocenters. The number of amides is 2. The summed E-state index contributed by atoms with van der Waals surface area (Å²) in [5.74, 6) is 0.00958. The van der Waals surface area contributed by atoms with Gasteiger partial charge in [-0.15, -0.1) is 0 Å². The maximum absolute atomic E-state index is 13.1. The molecule has 3 rings (SSSR count). The molecule has 0 saturated carbocycles. The maximum Gasteiger partial charge on any atom is 0.258 e. The highest BCUT2D eigenvalue weighted by atomic mass is 35.5. The Labute approximate surface area is 176 Å². The summed E-state index contributed by atoms with van der Waals surface area (Å²) in [6.07, 6.45) is 1.39. The zero-order valence-corrected chi connectivity index (χ0v) is 17.9. The van der Waals surface area contributed by atoms with E-state index in [0.717, 1.165) is 23.4 Å². The number of rotatable bonds is 5. The SMILES string of the molecule is COc1ccc(Cl)cc1C(=O)N1CCCC1C(=O)Nc1ccc(N(C)C)c(C)c1. The molecule has 0 aromatic heterocycles. The van der Waals surface area contributed by atoms with Crippen molar-refractivity contribution in [1.82, 2.24) is 4.90 Å². The van der Waals surface area contributed by atoms with Crippen molar-refractivity contribution >= 4 is 34.8 Å². The Bertz CT molecular complexity index is 930. The lowest BCUT2D eigenvalue weighted by molar-refractivity contribution is -0.119. The van der Waals surface area contributed by atoms with Crippen LogP contribution in [0.5, 0.6) is 5.75 Å². The number of hydrogen-bond donors (Lipinski definition) is 1. The zero-order chi connectivity index (χ0) is 21.1. The topological polar surface area (TPSA) is 61.9 Å². The summed E-state index contributed by atoms with van der Waals surface area (Å²) in [5.41, 5.74) is 3.24. The molecule has 7 heteroatoms. The van der Waals surface area contributed by atoms with Crippen LogP contribution < -0.4 is 15.0 Å². The highest BCUT2D eigenvalue weighted by Gasteiger charge is 2.35. The van der Waals surface area contributed by atoms with E-state index in [-0.39, 0.29) is 11.8 Å². The fraction of sp³-hybridized carbons (Fsp3) is 0.364. The summed E-state index contributed by atoms with van der Waals surface area (Å²) in [4.78, 5) is 29.7. The summed E-state index contributed by atoms with van der Waals surface area (Å²) in [6, 6.07) is 10.2. The third-order valence-electron chi connectivity index (χ3n) is 5.15. The predicted octanol–water partition coefficient (Wildman–Crippen LogP) is 3.97. The van der Waals surface area contributed by atoms with Crippen molar-refractivity contribution in [2.75, 3.05) is 38.0 Å². The highest BCUT2D eigenvalue weighted by molar-refractivity contribution is 6.31. The Morgan fingerprint density at radius 2 is 1.97 bits per heavy atom. The fourth-order valence-electron chi connectivity index (χ4n) is 3.74. The van der Waals surface area contributed by atoms with Crippen LogP contribution in [0, 0.1) is 6.92 Å². The van der Waals surface area contributed by atoms with E-state index in [9.17, 15) is 9.59 Å². The van der Waals surface area contributed by atoms with Crippen LogP contribution in [0.2, 0.25) is 5.02 Å². The van der Waals surface area contributed by atoms with E-state index in [2.05, 4.69) is 5.32 Å². The van der Waals surface area contributed by atoms with Crippen LogP contribution in [-0.4, -0.2) is 50.5 Å². The fourth-order valence-corrected chi connectivity index (χ4v) is 3.92. The smallest absolute Gasteiger partial charge is 0.258 e. The molecular weight excluding hydrogens is 390 g/mol. The second-order valence-corrected chi connectivity index (χ2v) is 7.82. The van der Waals surface area contributed by atoms with Gasteiger partial charge in [-0.2, -0.15) is 0 Å². The number of ether oxygens (including phenoxy) is 1. The van der Waals surface area contributed by atoms with E-state index >= 15 is 0 Å². The number of methoxy groups -OCH3 is 1. The Balaban J connectivity index is 1.78. The second-order valence-electron chi connectivity index (χ2n) is 7.39. The third-order valence-corrected chi connectivity index (χ3v) is 5.39. The van der Waals surface area contributed by atoms with Crippen molar-refractivity contribution in [2.45, 2.75) is 25.8 Å². The highest BCUT2D eigenvalue weighted by Crippen LogP contribution is 2.28. The van der Waals surface area contributed by atoms with Gasteiger partial charge in [0.1, 0.15) is 11.8 Å². The lowest BCUT2D eigenvalue weighted by Crippen LogP contribution is -2.43. The van der Waals surface area contributed by atoms with Crippen LogP contribution in [0.4, 0.5) is 11.4 Å². The quantitative estimate of drug-likeness (QED) is 0.802. The Hall–Kier alpha value is -2.73. The molecule has 1 N–H and O–H groups in total. The molecule has 2 amide bonds. The zero-order valence-electron chi connectivity index (χ0n) is 17.2. The molecule has 1 heterocycles. The van der Waals surface area contributed by atoms with Crippen molar-refractivity contribution < 1.29 is 14.3 Å². The number of carbonyl (C=O) groups excluding carboxylic acids is 2. The lowest BCUT2D eigenvalue weighted by atomic mass is 10.1. The van der Waals surface area contributed by atoms with Gasteiger partial charge in [0.15, 0.2) is 0 Å². The van der Waals surface area contributed by atoms with Gasteiger partial charge in [-0.3, -0.25) is 9.59 Å². The Kier molecular flexibility index (Phi) is 6.33. The first-order valence-corrected chi connectivity index (χ1v) is 9.93. The molecule has 1 fully saturated rings. The monoisotopic (exact) mass is 415 g/mol. The number of benzene rings is 2. The molecule has 1 aliphatic rings. The first-order valence-electron chi connectivity index (χ1n) is 9.55. The van der Waals surface area contributed by atoms with Crippen LogP contribution in [0.15, 0.2) is 36.4 Å². The van der Waals surface area contributed by atoms with Gasteiger partial charge >= 0.3 is 0 Å². The molecule has 29 heavy (non-hydrogen) atoms. The lowest BCUT2D eigenvalue weighted by Gasteiger charge is -2.25. The number of likely N-dealkylation sites (tertiary alicyclic amines) is 1. The largest absolute Gasteiger partial charge is 0.496 e. The van der Waals surface area contributed by atoms with E-state index in [1.807, 2.05) is 44.1 Å². The third kappa shape index (κ3) is 4.48. The van der Waals surface area contributed by atoms with Gasteiger partial charge in [0.05, 0.1) is 12.7 Å². The number of carbonyl (C=O) groups is 2. The van der Waals surface area contributed by atoms with Gasteiger partial charge in [0.2, 0.25) is 5.91 Å². The number of hydrogen-bond acceptors (Lipinski definition) is 4. The minimum Gasteiger partial charge on any atom is -0.496 e. The van der Waals surface area contributed by atoms with Crippen LogP contribution in [0.25, 0.3) is 0 Å². The van der Waals surface area contributed by atoms with Gasteiger partial charge < -0.3 is 19.9 Å². The van der Waals surface area contributed by atoms with E-state index in [4.69, 9.17) is 16.3 Å². The van der Waals surface area contributed by atoms with E-state index in [1.54, 1.807) is 23.1 Å². The summed E-state index contributed by atoms with van der Waals surface area (Å²) in [7, 11) is 5.47. The van der Waals surface area contributed by atoms with Crippen LogP contribution in [0.3, 0.4) is 0 Å². The van der Waals surface area contributed by atoms with E-state index in [0.29, 0.717) is 29.3 Å². The van der Waals surface area contributed by atoms with Crippen molar-refractivity contribution in [2.24, 2.45) is 0 Å². The molecule has 2 aromatic rings. The van der Waals surface area contributed by atoms with Crippen LogP contribution in [-0.2, 0) is 4.79 Å². The number of halogens is 1. The number of aryl methyl sites for hydroxylation is 1. The van der Waals surface area contributed by atoms with Crippen molar-refractivity contribution in [3.05, 3.63) is 52.5 Å². The predicted molar refractivity (Wildman–Crippen MR) is 116 cm³/mol. The summed E-state index contributed by atoms with van der Waals surface area (Å²) < 4.78 is 5.31. The average molecular weight is 416 g/mol. The van der Waals surface area contributed by atoms with Gasteiger partial charge in [0, 0.05) is 37.0 Å². The Morgan fingerprint density at radius 3 is 2.62 bits per heavy atom. The summed E-state index contributed by atoms with van der Waals surface area (Å²) in [5, 5.41) is 3.41. The van der Waals surface area contributed by atoms with Gasteiger partial charge in [-0.1, -0.05) is 11.6 Å². The first kappa shape index (κ1) is 21.0. The Morgan fingerprint density at radius 1 is 1.21 bits per heavy atom. The molecule has 1 aliphatic heterocycles. The molecule has 154 valence electrons. The maximum atomic E-state index is 13.1. The molecule has 0 bridgehead atoms. The molecule has 0 radical (unpaired) electrons. The summed E-state index contributed by atoms with van der Waals surface area (Å²) >= 11 is 6.07. The van der Waals surface area contributed by atoms with Crippen LogP contribution >= 0.6 is 11.6 Å². The minimum absolute atomic E-state index is 0.186. The van der Waals surface area contributed by atoms with Gasteiger partial charge in [-0.25, -0.2) is 0 Å². The molecule has 2 aromatic carbocycles. The van der Waals surface area contributed by atoms with Crippen LogP contribution in [0.1, 0.15) is 28.8 Å². The van der Waals surface area contributed by atoms with Crippen molar-refractivity contribution in [3.63, 3.8) is 0 Å². The van der Waals surface area contributed by atoms with Crippen molar-refractivity contribution in [1.29, 1.82) is 0 Å². The normalized spacial score (nSPS) is 15.9. The van der Waals surface area contributed by atoms with Crippen molar-refractivity contribution in [3.8, 4) is 5.75 Å². The standard InChI is InChI=1S/C22H26ClN3O3/c1-14-12-16(8-9-18(14)25(2)3)24-21(27)19-6-5-11-26(19)22(28)17-13-15(23)7-10-20(17)29-4/h7-10,12-13,19H,5-6,11H2,1-4H3,(H,24,27). The molecule has 1 saturated heterocycles. The minimum atomic E-state index is -0.528. The number of anilines is 2. The molecule has 6 nitrogen and oxygen atoms in total. The van der Waals surface area contributed by atoms with Gasteiger partial charge in [0.25, 0.3) is 5.91 Å².